The number of allylic oxidation sites excluding steroid dienone is 2. The molecule has 2 amide bonds. The lowest BCUT2D eigenvalue weighted by molar-refractivity contribution is -0.147. The Labute approximate surface area is 186 Å². The van der Waals surface area contributed by atoms with Crippen molar-refractivity contribution < 1.29 is 24.2 Å². The van der Waals surface area contributed by atoms with E-state index in [0.717, 1.165) is 44.9 Å². The standard InChI is InChI=1S/C24H40N2O5/c1-5-7-8-9-13-21(29)31-18-23(3,4)26-22(30)19(12-6-2)16-20(28)25-24(17-27)14-10-11-15-24/h5-6,19,27H,1-2,7-18H2,3-4H3,(H,25,28)(H,26,30)/t19-/m1/s1. The fraction of sp³-hybridized carbons (Fsp3) is 0.708. The summed E-state index contributed by atoms with van der Waals surface area (Å²) in [7, 11) is 0. The van der Waals surface area contributed by atoms with E-state index >= 15 is 0 Å². The van der Waals surface area contributed by atoms with Gasteiger partial charge in [0.2, 0.25) is 11.8 Å². The van der Waals surface area contributed by atoms with Crippen molar-refractivity contribution in [1.29, 1.82) is 0 Å². The maximum Gasteiger partial charge on any atom is 0.305 e. The molecule has 0 bridgehead atoms. The number of amides is 2. The second-order valence-electron chi connectivity index (χ2n) is 9.19. The van der Waals surface area contributed by atoms with E-state index in [1.54, 1.807) is 19.9 Å². The fourth-order valence-corrected chi connectivity index (χ4v) is 3.79. The average Bonchev–Trinajstić information content (AvgIpc) is 3.18. The number of aliphatic hydroxyl groups excluding tert-OH is 1. The molecule has 7 nitrogen and oxygen atoms in total. The third-order valence-corrected chi connectivity index (χ3v) is 5.62. The summed E-state index contributed by atoms with van der Waals surface area (Å²) >= 11 is 0. The molecule has 31 heavy (non-hydrogen) atoms. The van der Waals surface area contributed by atoms with Gasteiger partial charge in [0.25, 0.3) is 0 Å². The van der Waals surface area contributed by atoms with Crippen LogP contribution in [0.2, 0.25) is 0 Å². The molecule has 0 aliphatic heterocycles. The van der Waals surface area contributed by atoms with Gasteiger partial charge >= 0.3 is 5.97 Å². The highest BCUT2D eigenvalue weighted by Crippen LogP contribution is 2.29. The van der Waals surface area contributed by atoms with E-state index in [9.17, 15) is 19.5 Å². The molecular formula is C24H40N2O5. The van der Waals surface area contributed by atoms with Gasteiger partial charge in [-0.15, -0.1) is 13.2 Å². The Morgan fingerprint density at radius 3 is 2.42 bits per heavy atom. The number of ether oxygens (including phenoxy) is 1. The normalized spacial score (nSPS) is 16.2. The number of hydrogen-bond donors (Lipinski definition) is 3. The Balaban J connectivity index is 2.54. The predicted molar refractivity (Wildman–Crippen MR) is 121 cm³/mol. The number of carbonyl (C=O) groups excluding carboxylic acids is 3. The van der Waals surface area contributed by atoms with E-state index in [2.05, 4.69) is 23.8 Å². The van der Waals surface area contributed by atoms with E-state index in [1.165, 1.54) is 0 Å². The lowest BCUT2D eigenvalue weighted by atomic mass is 9.95. The summed E-state index contributed by atoms with van der Waals surface area (Å²) in [6.45, 7) is 10.9. The van der Waals surface area contributed by atoms with E-state index in [4.69, 9.17) is 4.74 Å². The van der Waals surface area contributed by atoms with Gasteiger partial charge in [0.1, 0.15) is 6.61 Å². The highest BCUT2D eigenvalue weighted by Gasteiger charge is 2.36. The van der Waals surface area contributed by atoms with Gasteiger partial charge < -0.3 is 20.5 Å². The monoisotopic (exact) mass is 436 g/mol. The molecule has 7 heteroatoms. The van der Waals surface area contributed by atoms with Gasteiger partial charge in [-0.1, -0.05) is 25.0 Å². The van der Waals surface area contributed by atoms with Crippen molar-refractivity contribution in [3.63, 3.8) is 0 Å². The average molecular weight is 437 g/mol. The van der Waals surface area contributed by atoms with Crippen molar-refractivity contribution in [1.82, 2.24) is 10.6 Å². The van der Waals surface area contributed by atoms with Crippen LogP contribution in [0, 0.1) is 5.92 Å². The van der Waals surface area contributed by atoms with E-state index in [-0.39, 0.29) is 37.4 Å². The maximum absolute atomic E-state index is 12.8. The summed E-state index contributed by atoms with van der Waals surface area (Å²) in [6, 6.07) is 0. The van der Waals surface area contributed by atoms with Gasteiger partial charge in [-0.2, -0.15) is 0 Å². The predicted octanol–water partition coefficient (Wildman–Crippen LogP) is 3.17. The van der Waals surface area contributed by atoms with Crippen molar-refractivity contribution in [3.05, 3.63) is 25.3 Å². The van der Waals surface area contributed by atoms with E-state index in [0.29, 0.717) is 12.8 Å². The first kappa shape index (κ1) is 26.9. The topological polar surface area (TPSA) is 105 Å². The van der Waals surface area contributed by atoms with Gasteiger partial charge in [-0.3, -0.25) is 14.4 Å². The molecule has 0 aromatic rings. The number of hydrogen-bond acceptors (Lipinski definition) is 5. The highest BCUT2D eigenvalue weighted by molar-refractivity contribution is 5.86. The zero-order valence-corrected chi connectivity index (χ0v) is 19.2. The summed E-state index contributed by atoms with van der Waals surface area (Å²) in [5.41, 5.74) is -1.33. The SMILES string of the molecule is C=CCCCCC(=O)OCC(C)(C)NC(=O)[C@H](CC=C)CC(=O)NC1(CO)CCCC1. The Hall–Kier alpha value is -2.15. The van der Waals surface area contributed by atoms with Crippen LogP contribution in [-0.4, -0.2) is 47.2 Å². The molecule has 1 aliphatic carbocycles. The molecule has 1 rings (SSSR count). The van der Waals surface area contributed by atoms with Gasteiger partial charge in [-0.25, -0.2) is 0 Å². The first-order chi connectivity index (χ1) is 14.7. The van der Waals surface area contributed by atoms with Gasteiger partial charge in [-0.05, 0) is 52.4 Å². The number of nitrogens with one attached hydrogen (secondary N) is 2. The van der Waals surface area contributed by atoms with Crippen molar-refractivity contribution in [2.24, 2.45) is 5.92 Å². The molecule has 0 aromatic heterocycles. The zero-order valence-electron chi connectivity index (χ0n) is 19.2. The molecule has 0 aromatic carbocycles. The number of esters is 1. The molecule has 0 radical (unpaired) electrons. The van der Waals surface area contributed by atoms with Gasteiger partial charge in [0.15, 0.2) is 0 Å². The Kier molecular flexibility index (Phi) is 11.5. The van der Waals surface area contributed by atoms with E-state index < -0.39 is 17.0 Å². The number of carbonyl (C=O) groups is 3. The van der Waals surface area contributed by atoms with Crippen LogP contribution < -0.4 is 10.6 Å². The molecule has 0 unspecified atom stereocenters. The molecule has 1 saturated carbocycles. The highest BCUT2D eigenvalue weighted by atomic mass is 16.5. The first-order valence-corrected chi connectivity index (χ1v) is 11.3. The summed E-state index contributed by atoms with van der Waals surface area (Å²) in [6.07, 6.45) is 10.1. The summed E-state index contributed by atoms with van der Waals surface area (Å²) in [5.74, 6) is -1.41. The number of unbranched alkanes of at least 4 members (excludes halogenated alkanes) is 2. The van der Waals surface area contributed by atoms with Crippen LogP contribution in [0.1, 0.15) is 78.1 Å². The Bertz CT molecular complexity index is 623. The van der Waals surface area contributed by atoms with Crippen LogP contribution >= 0.6 is 0 Å². The van der Waals surface area contributed by atoms with Crippen molar-refractivity contribution >= 4 is 17.8 Å². The molecule has 1 aliphatic rings. The second-order valence-corrected chi connectivity index (χ2v) is 9.19. The Morgan fingerprint density at radius 1 is 1.16 bits per heavy atom. The van der Waals surface area contributed by atoms with Crippen LogP contribution in [-0.2, 0) is 19.1 Å². The van der Waals surface area contributed by atoms with E-state index in [1.807, 2.05) is 6.08 Å². The quantitative estimate of drug-likeness (QED) is 0.208. The van der Waals surface area contributed by atoms with Crippen molar-refractivity contribution in [2.75, 3.05) is 13.2 Å². The minimum absolute atomic E-state index is 0.0127. The molecule has 176 valence electrons. The summed E-state index contributed by atoms with van der Waals surface area (Å²) in [5, 5.41) is 15.5. The molecule has 0 saturated heterocycles. The molecule has 1 atom stereocenters. The van der Waals surface area contributed by atoms with Crippen LogP contribution in [0.4, 0.5) is 0 Å². The van der Waals surface area contributed by atoms with Crippen molar-refractivity contribution in [2.45, 2.75) is 89.1 Å². The second kappa shape index (κ2) is 13.3. The Morgan fingerprint density at radius 2 is 1.84 bits per heavy atom. The van der Waals surface area contributed by atoms with Crippen LogP contribution in [0.5, 0.6) is 0 Å². The zero-order chi connectivity index (χ0) is 23.3. The lowest BCUT2D eigenvalue weighted by Gasteiger charge is -2.30. The minimum atomic E-state index is -0.762. The third-order valence-electron chi connectivity index (χ3n) is 5.62. The molecule has 0 spiro atoms. The van der Waals surface area contributed by atoms with Crippen LogP contribution in [0.15, 0.2) is 25.3 Å². The molecule has 0 heterocycles. The number of aliphatic hydroxyl groups is 1. The molecule has 3 N–H and O–H groups in total. The lowest BCUT2D eigenvalue weighted by Crippen LogP contribution is -2.52. The third kappa shape index (κ3) is 10.1. The fourth-order valence-electron chi connectivity index (χ4n) is 3.79. The van der Waals surface area contributed by atoms with Gasteiger partial charge in [0, 0.05) is 12.8 Å². The van der Waals surface area contributed by atoms with Crippen LogP contribution in [0.3, 0.4) is 0 Å². The largest absolute Gasteiger partial charge is 0.463 e. The molecule has 1 fully saturated rings. The maximum atomic E-state index is 12.8. The summed E-state index contributed by atoms with van der Waals surface area (Å²) < 4.78 is 5.32. The number of rotatable bonds is 15. The first-order valence-electron chi connectivity index (χ1n) is 11.3. The minimum Gasteiger partial charge on any atom is -0.463 e. The van der Waals surface area contributed by atoms with Gasteiger partial charge in [0.05, 0.1) is 23.6 Å². The van der Waals surface area contributed by atoms with Crippen LogP contribution in [0.25, 0.3) is 0 Å². The summed E-state index contributed by atoms with van der Waals surface area (Å²) in [4.78, 5) is 37.3. The molecular weight excluding hydrogens is 396 g/mol. The van der Waals surface area contributed by atoms with Crippen molar-refractivity contribution in [3.8, 4) is 0 Å². The smallest absolute Gasteiger partial charge is 0.305 e.